The average molecular weight is 355 g/mol. The van der Waals surface area contributed by atoms with E-state index in [9.17, 15) is 4.79 Å². The number of carbonyl (C=O) groups excluding carboxylic acids is 1. The van der Waals surface area contributed by atoms with Gasteiger partial charge < -0.3 is 10.6 Å². The molecule has 0 atom stereocenters. The molecule has 20 heavy (non-hydrogen) atoms. The number of carbonyl (C=O) groups is 1. The van der Waals surface area contributed by atoms with Gasteiger partial charge in [0.1, 0.15) is 5.15 Å². The van der Waals surface area contributed by atoms with Crippen LogP contribution >= 0.6 is 27.5 Å². The second kappa shape index (κ2) is 6.72. The first kappa shape index (κ1) is 14.8. The fraction of sp³-hybridized carbons (Fsp3) is 0.143. The Morgan fingerprint density at radius 3 is 2.60 bits per heavy atom. The standard InChI is InChI=1S/C14H13BrClN3O/c1-9(20)19-11-4-2-10(3-5-11)7-17-12-6-13(15)14(16)18-8-12/h2-6,8,17H,7H2,1H3,(H,19,20). The Morgan fingerprint density at radius 2 is 2.00 bits per heavy atom. The third kappa shape index (κ3) is 4.21. The molecular weight excluding hydrogens is 342 g/mol. The van der Waals surface area contributed by atoms with Crippen LogP contribution in [0.25, 0.3) is 0 Å². The predicted molar refractivity (Wildman–Crippen MR) is 85.0 cm³/mol. The zero-order valence-corrected chi connectivity index (χ0v) is 13.1. The molecule has 0 saturated heterocycles. The quantitative estimate of drug-likeness (QED) is 0.814. The van der Waals surface area contributed by atoms with E-state index in [0.29, 0.717) is 11.7 Å². The van der Waals surface area contributed by atoms with Crippen molar-refractivity contribution in [1.29, 1.82) is 0 Å². The van der Waals surface area contributed by atoms with E-state index in [0.717, 1.165) is 21.4 Å². The molecule has 0 aliphatic heterocycles. The fourth-order valence-electron chi connectivity index (χ4n) is 1.63. The lowest BCUT2D eigenvalue weighted by Gasteiger charge is -2.08. The van der Waals surface area contributed by atoms with Crippen LogP contribution in [0.4, 0.5) is 11.4 Å². The number of benzene rings is 1. The second-order valence-corrected chi connectivity index (χ2v) is 5.44. The zero-order valence-electron chi connectivity index (χ0n) is 10.8. The molecule has 1 amide bonds. The van der Waals surface area contributed by atoms with Gasteiger partial charge in [0.05, 0.1) is 16.4 Å². The van der Waals surface area contributed by atoms with E-state index in [1.807, 2.05) is 30.3 Å². The number of halogens is 2. The Balaban J connectivity index is 1.96. The molecule has 0 fully saturated rings. The van der Waals surface area contributed by atoms with Crippen LogP contribution in [0.5, 0.6) is 0 Å². The summed E-state index contributed by atoms with van der Waals surface area (Å²) < 4.78 is 0.755. The van der Waals surface area contributed by atoms with E-state index in [4.69, 9.17) is 11.6 Å². The molecule has 1 heterocycles. The molecule has 2 aromatic rings. The smallest absolute Gasteiger partial charge is 0.221 e. The number of hydrogen-bond donors (Lipinski definition) is 2. The average Bonchev–Trinajstić information content (AvgIpc) is 2.41. The summed E-state index contributed by atoms with van der Waals surface area (Å²) in [6, 6.07) is 9.53. The van der Waals surface area contributed by atoms with Crippen molar-refractivity contribution in [2.45, 2.75) is 13.5 Å². The molecule has 0 aliphatic rings. The van der Waals surface area contributed by atoms with Crippen LogP contribution in [-0.2, 0) is 11.3 Å². The highest BCUT2D eigenvalue weighted by Gasteiger charge is 2.01. The minimum absolute atomic E-state index is 0.0760. The van der Waals surface area contributed by atoms with Gasteiger partial charge in [0.15, 0.2) is 0 Å². The monoisotopic (exact) mass is 353 g/mol. The fourth-order valence-corrected chi connectivity index (χ4v) is 2.08. The van der Waals surface area contributed by atoms with Crippen LogP contribution in [0.1, 0.15) is 12.5 Å². The Labute approximate surface area is 130 Å². The highest BCUT2D eigenvalue weighted by Crippen LogP contribution is 2.23. The Kier molecular flexibility index (Phi) is 4.98. The van der Waals surface area contributed by atoms with Crippen molar-refractivity contribution in [1.82, 2.24) is 4.98 Å². The SMILES string of the molecule is CC(=O)Nc1ccc(CNc2cnc(Cl)c(Br)c2)cc1. The number of anilines is 2. The molecule has 104 valence electrons. The normalized spacial score (nSPS) is 10.2. The molecule has 0 bridgehead atoms. The summed E-state index contributed by atoms with van der Waals surface area (Å²) in [6.45, 7) is 2.15. The van der Waals surface area contributed by atoms with E-state index in [-0.39, 0.29) is 5.91 Å². The zero-order chi connectivity index (χ0) is 14.5. The van der Waals surface area contributed by atoms with Crippen molar-refractivity contribution >= 4 is 44.8 Å². The number of amides is 1. The Hall–Kier alpha value is -1.59. The van der Waals surface area contributed by atoms with E-state index < -0.39 is 0 Å². The third-order valence-electron chi connectivity index (χ3n) is 2.57. The summed E-state index contributed by atoms with van der Waals surface area (Å²) in [5, 5.41) is 6.42. The lowest BCUT2D eigenvalue weighted by molar-refractivity contribution is -0.114. The molecular formula is C14H13BrClN3O. The highest BCUT2D eigenvalue weighted by atomic mass is 79.9. The van der Waals surface area contributed by atoms with Crippen LogP contribution < -0.4 is 10.6 Å². The van der Waals surface area contributed by atoms with Crippen LogP contribution in [0, 0.1) is 0 Å². The van der Waals surface area contributed by atoms with Gasteiger partial charge in [0, 0.05) is 19.2 Å². The van der Waals surface area contributed by atoms with Gasteiger partial charge in [-0.25, -0.2) is 4.98 Å². The van der Waals surface area contributed by atoms with E-state index in [2.05, 4.69) is 31.5 Å². The maximum Gasteiger partial charge on any atom is 0.221 e. The van der Waals surface area contributed by atoms with Crippen molar-refractivity contribution in [2.75, 3.05) is 10.6 Å². The van der Waals surface area contributed by atoms with Gasteiger partial charge >= 0.3 is 0 Å². The molecule has 1 aromatic heterocycles. The summed E-state index contributed by atoms with van der Waals surface area (Å²) in [4.78, 5) is 15.0. The third-order valence-corrected chi connectivity index (χ3v) is 3.70. The maximum atomic E-state index is 10.9. The Morgan fingerprint density at radius 1 is 1.30 bits per heavy atom. The van der Waals surface area contributed by atoms with Gasteiger partial charge in [-0.15, -0.1) is 0 Å². The first-order chi connectivity index (χ1) is 9.54. The number of hydrogen-bond acceptors (Lipinski definition) is 3. The van der Waals surface area contributed by atoms with Crippen LogP contribution in [0.3, 0.4) is 0 Å². The van der Waals surface area contributed by atoms with Gasteiger partial charge in [0.25, 0.3) is 0 Å². The molecule has 6 heteroatoms. The van der Waals surface area contributed by atoms with Crippen molar-refractivity contribution in [2.24, 2.45) is 0 Å². The van der Waals surface area contributed by atoms with Crippen molar-refractivity contribution in [3.05, 3.63) is 51.7 Å². The summed E-state index contributed by atoms with van der Waals surface area (Å²) >= 11 is 9.17. The van der Waals surface area contributed by atoms with Gasteiger partial charge in [0.2, 0.25) is 5.91 Å². The number of nitrogens with one attached hydrogen (secondary N) is 2. The van der Waals surface area contributed by atoms with Crippen LogP contribution in [0.2, 0.25) is 5.15 Å². The van der Waals surface area contributed by atoms with E-state index >= 15 is 0 Å². The summed E-state index contributed by atoms with van der Waals surface area (Å²) in [6.07, 6.45) is 1.68. The Bertz CT molecular complexity index is 616. The lowest BCUT2D eigenvalue weighted by Crippen LogP contribution is -2.06. The second-order valence-electron chi connectivity index (χ2n) is 4.23. The first-order valence-corrected chi connectivity index (χ1v) is 7.13. The summed E-state index contributed by atoms with van der Waals surface area (Å²) in [5.41, 5.74) is 2.77. The largest absolute Gasteiger partial charge is 0.380 e. The molecule has 0 aliphatic carbocycles. The van der Waals surface area contributed by atoms with Gasteiger partial charge in [-0.2, -0.15) is 0 Å². The van der Waals surface area contributed by atoms with Crippen molar-refractivity contribution in [3.63, 3.8) is 0 Å². The van der Waals surface area contributed by atoms with Crippen LogP contribution in [0.15, 0.2) is 41.0 Å². The van der Waals surface area contributed by atoms with Gasteiger partial charge in [-0.05, 0) is 39.7 Å². The van der Waals surface area contributed by atoms with E-state index in [1.165, 1.54) is 6.92 Å². The minimum atomic E-state index is -0.0760. The number of rotatable bonds is 4. The first-order valence-electron chi connectivity index (χ1n) is 5.96. The molecule has 0 spiro atoms. The molecule has 0 radical (unpaired) electrons. The predicted octanol–water partition coefficient (Wildman–Crippen LogP) is 4.07. The highest BCUT2D eigenvalue weighted by molar-refractivity contribution is 9.10. The van der Waals surface area contributed by atoms with Crippen molar-refractivity contribution in [3.8, 4) is 0 Å². The molecule has 1 aromatic carbocycles. The van der Waals surface area contributed by atoms with E-state index in [1.54, 1.807) is 6.20 Å². The number of nitrogens with zero attached hydrogens (tertiary/aromatic N) is 1. The number of pyridine rings is 1. The molecule has 4 nitrogen and oxygen atoms in total. The molecule has 0 unspecified atom stereocenters. The lowest BCUT2D eigenvalue weighted by atomic mass is 10.2. The van der Waals surface area contributed by atoms with Gasteiger partial charge in [-0.1, -0.05) is 23.7 Å². The summed E-state index contributed by atoms with van der Waals surface area (Å²) in [7, 11) is 0. The molecule has 0 saturated carbocycles. The maximum absolute atomic E-state index is 10.9. The van der Waals surface area contributed by atoms with Crippen molar-refractivity contribution < 1.29 is 4.79 Å². The molecule has 2 rings (SSSR count). The van der Waals surface area contributed by atoms with Gasteiger partial charge in [-0.3, -0.25) is 4.79 Å². The summed E-state index contributed by atoms with van der Waals surface area (Å²) in [5.74, 6) is -0.0760. The topological polar surface area (TPSA) is 54.0 Å². The molecule has 2 N–H and O–H groups in total. The number of aromatic nitrogens is 1. The minimum Gasteiger partial charge on any atom is -0.380 e. The van der Waals surface area contributed by atoms with Crippen LogP contribution in [-0.4, -0.2) is 10.9 Å².